The fourth-order valence-corrected chi connectivity index (χ4v) is 5.32. The Labute approximate surface area is 186 Å². The highest BCUT2D eigenvalue weighted by molar-refractivity contribution is 5.48. The van der Waals surface area contributed by atoms with Crippen molar-refractivity contribution in [2.45, 2.75) is 24.8 Å². The number of hydrogen-bond acceptors (Lipinski definition) is 9. The number of pyridine rings is 1. The first-order valence-electron chi connectivity index (χ1n) is 11.6. The van der Waals surface area contributed by atoms with Gasteiger partial charge in [0.05, 0.1) is 32.5 Å². The molecule has 0 amide bonds. The molecule has 170 valence electrons. The molecular formula is C22H29N7O3. The summed E-state index contributed by atoms with van der Waals surface area (Å²) in [7, 11) is 0. The highest BCUT2D eigenvalue weighted by Gasteiger charge is 2.36. The van der Waals surface area contributed by atoms with Crippen LogP contribution < -0.4 is 20.3 Å². The second-order valence-corrected chi connectivity index (χ2v) is 8.93. The Bertz CT molecular complexity index is 996. The maximum absolute atomic E-state index is 12.6. The van der Waals surface area contributed by atoms with E-state index in [-0.39, 0.29) is 11.6 Å². The van der Waals surface area contributed by atoms with E-state index in [4.69, 9.17) is 24.4 Å². The molecule has 0 radical (unpaired) electrons. The molecule has 0 aliphatic carbocycles. The molecule has 0 spiro atoms. The molecule has 3 fully saturated rings. The van der Waals surface area contributed by atoms with Gasteiger partial charge in [-0.15, -0.1) is 0 Å². The van der Waals surface area contributed by atoms with E-state index in [0.717, 1.165) is 57.8 Å². The molecule has 2 bridgehead atoms. The smallest absolute Gasteiger partial charge is 0.251 e. The summed E-state index contributed by atoms with van der Waals surface area (Å²) in [4.78, 5) is 34.0. The molecule has 3 saturated heterocycles. The maximum atomic E-state index is 12.6. The SMILES string of the molecule is O=c1cccc2n1C1CCC2CN(c2nc(N3CCOCC3)nc(N3CCOCC3)n2)C1. The van der Waals surface area contributed by atoms with Gasteiger partial charge in [0.1, 0.15) is 0 Å². The zero-order chi connectivity index (χ0) is 21.5. The number of ether oxygens (including phenoxy) is 2. The minimum absolute atomic E-state index is 0.0951. The summed E-state index contributed by atoms with van der Waals surface area (Å²) in [5.41, 5.74) is 1.24. The van der Waals surface area contributed by atoms with E-state index < -0.39 is 0 Å². The Morgan fingerprint density at radius 2 is 1.34 bits per heavy atom. The van der Waals surface area contributed by atoms with Crippen LogP contribution in [0.25, 0.3) is 0 Å². The topological polar surface area (TPSA) is 88.9 Å². The van der Waals surface area contributed by atoms with Gasteiger partial charge in [-0.3, -0.25) is 4.79 Å². The second-order valence-electron chi connectivity index (χ2n) is 8.93. The van der Waals surface area contributed by atoms with Gasteiger partial charge in [0.2, 0.25) is 17.8 Å². The van der Waals surface area contributed by atoms with Gasteiger partial charge in [0.15, 0.2) is 0 Å². The lowest BCUT2D eigenvalue weighted by Gasteiger charge is -2.31. The van der Waals surface area contributed by atoms with Crippen LogP contribution in [0.2, 0.25) is 0 Å². The largest absolute Gasteiger partial charge is 0.378 e. The number of anilines is 3. The highest BCUT2D eigenvalue weighted by atomic mass is 16.5. The van der Waals surface area contributed by atoms with Crippen molar-refractivity contribution < 1.29 is 9.47 Å². The van der Waals surface area contributed by atoms with E-state index in [0.29, 0.717) is 50.2 Å². The summed E-state index contributed by atoms with van der Waals surface area (Å²) in [6.07, 6.45) is 2.10. The molecule has 7 heterocycles. The van der Waals surface area contributed by atoms with E-state index in [1.807, 2.05) is 10.6 Å². The van der Waals surface area contributed by atoms with Gasteiger partial charge in [-0.25, -0.2) is 0 Å². The lowest BCUT2D eigenvalue weighted by atomic mass is 9.93. The van der Waals surface area contributed by atoms with E-state index >= 15 is 0 Å². The minimum atomic E-state index is 0.0951. The van der Waals surface area contributed by atoms with E-state index in [2.05, 4.69) is 20.8 Å². The summed E-state index contributed by atoms with van der Waals surface area (Å²) in [5, 5.41) is 0. The first-order chi connectivity index (χ1) is 15.8. The summed E-state index contributed by atoms with van der Waals surface area (Å²) >= 11 is 0. The molecule has 7 rings (SSSR count). The van der Waals surface area contributed by atoms with Gasteiger partial charge in [-0.1, -0.05) is 6.07 Å². The Morgan fingerprint density at radius 3 is 1.97 bits per heavy atom. The van der Waals surface area contributed by atoms with Crippen molar-refractivity contribution in [2.75, 3.05) is 80.4 Å². The average molecular weight is 440 g/mol. The van der Waals surface area contributed by atoms with Crippen molar-refractivity contribution >= 4 is 17.8 Å². The quantitative estimate of drug-likeness (QED) is 0.684. The van der Waals surface area contributed by atoms with Crippen LogP contribution in [-0.4, -0.2) is 85.2 Å². The van der Waals surface area contributed by atoms with Crippen molar-refractivity contribution in [3.63, 3.8) is 0 Å². The van der Waals surface area contributed by atoms with Crippen LogP contribution in [0.5, 0.6) is 0 Å². The number of rotatable bonds is 3. The van der Waals surface area contributed by atoms with Crippen LogP contribution in [0.1, 0.15) is 30.5 Å². The molecule has 2 atom stereocenters. The standard InChI is InChI=1S/C22H29N7O3/c30-19-3-1-2-18-16-4-5-17(29(18)19)15-28(14-16)22-24-20(26-6-10-31-11-7-26)23-21(25-22)27-8-12-32-13-9-27/h1-3,16-17H,4-15H2. The first kappa shape index (κ1) is 19.9. The number of aromatic nitrogens is 4. The van der Waals surface area contributed by atoms with Gasteiger partial charge in [-0.05, 0) is 18.9 Å². The van der Waals surface area contributed by atoms with Crippen molar-refractivity contribution in [1.29, 1.82) is 0 Å². The molecule has 0 aromatic carbocycles. The first-order valence-corrected chi connectivity index (χ1v) is 11.6. The maximum Gasteiger partial charge on any atom is 0.251 e. The normalized spacial score (nSPS) is 25.6. The molecule has 5 aliphatic rings. The van der Waals surface area contributed by atoms with Gasteiger partial charge in [0.25, 0.3) is 5.56 Å². The van der Waals surface area contributed by atoms with Crippen LogP contribution in [0.4, 0.5) is 17.8 Å². The molecule has 2 aromatic heterocycles. The zero-order valence-corrected chi connectivity index (χ0v) is 18.2. The number of morpholine rings is 2. The van der Waals surface area contributed by atoms with Crippen LogP contribution in [0.3, 0.4) is 0 Å². The molecule has 10 nitrogen and oxygen atoms in total. The monoisotopic (exact) mass is 439 g/mol. The van der Waals surface area contributed by atoms with Crippen molar-refractivity contribution in [1.82, 2.24) is 19.5 Å². The third kappa shape index (κ3) is 3.61. The van der Waals surface area contributed by atoms with Gasteiger partial charge >= 0.3 is 0 Å². The molecular weight excluding hydrogens is 410 g/mol. The number of fused-ring (bicyclic) bond motifs is 3. The number of hydrogen-bond donors (Lipinski definition) is 0. The summed E-state index contributed by atoms with van der Waals surface area (Å²) < 4.78 is 13.1. The third-order valence-corrected chi connectivity index (χ3v) is 7.00. The molecule has 2 unspecified atom stereocenters. The van der Waals surface area contributed by atoms with Gasteiger partial charge in [0, 0.05) is 56.9 Å². The molecule has 0 N–H and O–H groups in total. The van der Waals surface area contributed by atoms with Crippen LogP contribution in [-0.2, 0) is 9.47 Å². The Kier molecular flexibility index (Phi) is 5.18. The fraction of sp³-hybridized carbons (Fsp3) is 0.636. The number of nitrogens with zero attached hydrogens (tertiary/aromatic N) is 7. The van der Waals surface area contributed by atoms with E-state index in [9.17, 15) is 4.79 Å². The summed E-state index contributed by atoms with van der Waals surface area (Å²) in [5.74, 6) is 2.44. The highest BCUT2D eigenvalue weighted by Crippen LogP contribution is 2.38. The predicted octanol–water partition coefficient (Wildman–Crippen LogP) is 0.645. The van der Waals surface area contributed by atoms with Crippen LogP contribution in [0.15, 0.2) is 23.0 Å². The van der Waals surface area contributed by atoms with E-state index in [1.165, 1.54) is 0 Å². The van der Waals surface area contributed by atoms with E-state index in [1.54, 1.807) is 6.07 Å². The van der Waals surface area contributed by atoms with Crippen molar-refractivity contribution in [3.05, 3.63) is 34.2 Å². The Morgan fingerprint density at radius 1 is 0.750 bits per heavy atom. The third-order valence-electron chi connectivity index (χ3n) is 7.00. The Balaban J connectivity index is 1.37. The van der Waals surface area contributed by atoms with Crippen molar-refractivity contribution in [2.24, 2.45) is 0 Å². The minimum Gasteiger partial charge on any atom is -0.378 e. The van der Waals surface area contributed by atoms with Gasteiger partial charge in [-0.2, -0.15) is 15.0 Å². The van der Waals surface area contributed by atoms with Crippen LogP contribution >= 0.6 is 0 Å². The summed E-state index contributed by atoms with van der Waals surface area (Å²) in [6, 6.07) is 5.81. The van der Waals surface area contributed by atoms with Crippen LogP contribution in [0, 0.1) is 0 Å². The van der Waals surface area contributed by atoms with Gasteiger partial charge < -0.3 is 28.7 Å². The zero-order valence-electron chi connectivity index (χ0n) is 18.2. The lowest BCUT2D eigenvalue weighted by molar-refractivity contribution is 0.121. The predicted molar refractivity (Wildman–Crippen MR) is 120 cm³/mol. The molecule has 10 heteroatoms. The molecule has 2 aromatic rings. The molecule has 0 saturated carbocycles. The Hall–Kier alpha value is -2.72. The second kappa shape index (κ2) is 8.32. The van der Waals surface area contributed by atoms with Crippen molar-refractivity contribution in [3.8, 4) is 0 Å². The molecule has 5 aliphatic heterocycles. The lowest BCUT2D eigenvalue weighted by Crippen LogP contribution is -2.41. The fourth-order valence-electron chi connectivity index (χ4n) is 5.32. The summed E-state index contributed by atoms with van der Waals surface area (Å²) in [6.45, 7) is 7.38. The average Bonchev–Trinajstić information content (AvgIpc) is 3.17. The molecule has 32 heavy (non-hydrogen) atoms.